The first-order chi connectivity index (χ1) is 8.25. The first-order valence-corrected chi connectivity index (χ1v) is 7.95. The second kappa shape index (κ2) is 6.42. The van der Waals surface area contributed by atoms with E-state index in [-0.39, 0.29) is 5.91 Å². The van der Waals surface area contributed by atoms with Crippen molar-refractivity contribution in [3.05, 3.63) is 21.9 Å². The standard InChI is InChI=1S/C12H18N2OS2/c1-9-6-17-7-10(9)5-14-12(15)4-11-8-16-3-2-13-11/h6-7,11,13H,2-5,8H2,1H3,(H,14,15). The fourth-order valence-electron chi connectivity index (χ4n) is 1.81. The molecule has 0 radical (unpaired) electrons. The van der Waals surface area contributed by atoms with E-state index in [2.05, 4.69) is 28.3 Å². The normalized spacial score (nSPS) is 20.2. The van der Waals surface area contributed by atoms with Crippen molar-refractivity contribution in [2.24, 2.45) is 0 Å². The fraction of sp³-hybridized carbons (Fsp3) is 0.583. The molecule has 0 spiro atoms. The molecule has 0 aromatic carbocycles. The molecule has 1 aromatic heterocycles. The summed E-state index contributed by atoms with van der Waals surface area (Å²) in [5.41, 5.74) is 2.50. The third kappa shape index (κ3) is 4.01. The molecular weight excluding hydrogens is 252 g/mol. The number of carbonyl (C=O) groups is 1. The molecular formula is C12H18N2OS2. The van der Waals surface area contributed by atoms with Crippen LogP contribution < -0.4 is 10.6 Å². The molecule has 1 aliphatic heterocycles. The van der Waals surface area contributed by atoms with Crippen LogP contribution in [0.5, 0.6) is 0 Å². The molecule has 1 aliphatic rings. The van der Waals surface area contributed by atoms with Crippen molar-refractivity contribution in [1.29, 1.82) is 0 Å². The molecule has 1 unspecified atom stereocenters. The van der Waals surface area contributed by atoms with Crippen molar-refractivity contribution >= 4 is 29.0 Å². The SMILES string of the molecule is Cc1cscc1CNC(=O)CC1CSCCN1. The first-order valence-electron chi connectivity index (χ1n) is 5.85. The van der Waals surface area contributed by atoms with Crippen LogP contribution in [0.15, 0.2) is 10.8 Å². The van der Waals surface area contributed by atoms with Gasteiger partial charge in [0, 0.05) is 37.1 Å². The number of nitrogens with one attached hydrogen (secondary N) is 2. The van der Waals surface area contributed by atoms with Gasteiger partial charge >= 0.3 is 0 Å². The summed E-state index contributed by atoms with van der Waals surface area (Å²) in [6, 6.07) is 0.345. The topological polar surface area (TPSA) is 41.1 Å². The van der Waals surface area contributed by atoms with Gasteiger partial charge in [-0.2, -0.15) is 23.1 Å². The Kier molecular flexibility index (Phi) is 4.88. The number of hydrogen-bond donors (Lipinski definition) is 2. The highest BCUT2D eigenvalue weighted by atomic mass is 32.2. The van der Waals surface area contributed by atoms with E-state index in [1.54, 1.807) is 11.3 Å². The maximum absolute atomic E-state index is 11.8. The molecule has 1 amide bonds. The molecule has 1 saturated heterocycles. The molecule has 0 bridgehead atoms. The minimum absolute atomic E-state index is 0.149. The molecule has 0 saturated carbocycles. The molecule has 1 atom stereocenters. The zero-order chi connectivity index (χ0) is 12.1. The highest BCUT2D eigenvalue weighted by molar-refractivity contribution is 7.99. The molecule has 94 valence electrons. The lowest BCUT2D eigenvalue weighted by Gasteiger charge is -2.22. The fourth-order valence-corrected chi connectivity index (χ4v) is 3.61. The van der Waals surface area contributed by atoms with Crippen LogP contribution >= 0.6 is 23.1 Å². The van der Waals surface area contributed by atoms with E-state index >= 15 is 0 Å². The van der Waals surface area contributed by atoms with E-state index in [1.165, 1.54) is 11.1 Å². The first kappa shape index (κ1) is 12.9. The highest BCUT2D eigenvalue weighted by Crippen LogP contribution is 2.13. The van der Waals surface area contributed by atoms with Gasteiger partial charge in [-0.3, -0.25) is 4.79 Å². The maximum atomic E-state index is 11.8. The van der Waals surface area contributed by atoms with Crippen LogP contribution in [0.2, 0.25) is 0 Å². The summed E-state index contributed by atoms with van der Waals surface area (Å²) in [5.74, 6) is 2.35. The minimum atomic E-state index is 0.149. The summed E-state index contributed by atoms with van der Waals surface area (Å²) in [4.78, 5) is 11.8. The van der Waals surface area contributed by atoms with E-state index in [0.29, 0.717) is 19.0 Å². The molecule has 3 nitrogen and oxygen atoms in total. The summed E-state index contributed by atoms with van der Waals surface area (Å²) in [6.07, 6.45) is 0.593. The van der Waals surface area contributed by atoms with Crippen molar-refractivity contribution in [3.63, 3.8) is 0 Å². The van der Waals surface area contributed by atoms with Crippen molar-refractivity contribution < 1.29 is 4.79 Å². The Bertz CT molecular complexity index is 372. The summed E-state index contributed by atoms with van der Waals surface area (Å²) in [6.45, 7) is 3.76. The largest absolute Gasteiger partial charge is 0.352 e. The van der Waals surface area contributed by atoms with Gasteiger partial charge in [0.25, 0.3) is 0 Å². The van der Waals surface area contributed by atoms with Gasteiger partial charge in [0.05, 0.1) is 0 Å². The Morgan fingerprint density at radius 1 is 1.59 bits per heavy atom. The lowest BCUT2D eigenvalue weighted by molar-refractivity contribution is -0.121. The van der Waals surface area contributed by atoms with Gasteiger partial charge in [-0.15, -0.1) is 0 Å². The van der Waals surface area contributed by atoms with E-state index in [1.807, 2.05) is 11.8 Å². The van der Waals surface area contributed by atoms with Gasteiger partial charge in [-0.05, 0) is 28.8 Å². The predicted molar refractivity (Wildman–Crippen MR) is 74.6 cm³/mol. The number of hydrogen-bond acceptors (Lipinski definition) is 4. The number of thiophene rings is 1. The quantitative estimate of drug-likeness (QED) is 0.876. The molecule has 2 heterocycles. The Balaban J connectivity index is 1.72. The molecule has 2 rings (SSSR count). The van der Waals surface area contributed by atoms with Gasteiger partial charge in [-0.25, -0.2) is 0 Å². The lowest BCUT2D eigenvalue weighted by atomic mass is 10.2. The molecule has 1 fully saturated rings. The Hall–Kier alpha value is -0.520. The van der Waals surface area contributed by atoms with Gasteiger partial charge in [0.2, 0.25) is 5.91 Å². The summed E-state index contributed by atoms with van der Waals surface area (Å²) in [7, 11) is 0. The van der Waals surface area contributed by atoms with Crippen LogP contribution in [-0.2, 0) is 11.3 Å². The van der Waals surface area contributed by atoms with Crippen molar-refractivity contribution in [1.82, 2.24) is 10.6 Å². The van der Waals surface area contributed by atoms with Crippen molar-refractivity contribution in [3.8, 4) is 0 Å². The van der Waals surface area contributed by atoms with Crippen LogP contribution in [-0.4, -0.2) is 30.0 Å². The molecule has 0 aliphatic carbocycles. The van der Waals surface area contributed by atoms with Crippen LogP contribution in [0.1, 0.15) is 17.5 Å². The third-order valence-corrected chi connectivity index (χ3v) is 4.91. The maximum Gasteiger partial charge on any atom is 0.221 e. The third-order valence-electron chi connectivity index (χ3n) is 2.87. The number of carbonyl (C=O) groups excluding carboxylic acids is 1. The van der Waals surface area contributed by atoms with Crippen molar-refractivity contribution in [2.75, 3.05) is 18.1 Å². The smallest absolute Gasteiger partial charge is 0.221 e. The minimum Gasteiger partial charge on any atom is -0.352 e. The van der Waals surface area contributed by atoms with Gasteiger partial charge in [0.1, 0.15) is 0 Å². The van der Waals surface area contributed by atoms with Crippen LogP contribution in [0.25, 0.3) is 0 Å². The number of aryl methyl sites for hydroxylation is 1. The van der Waals surface area contributed by atoms with Crippen LogP contribution in [0.3, 0.4) is 0 Å². The second-order valence-electron chi connectivity index (χ2n) is 4.29. The molecule has 2 N–H and O–H groups in total. The van der Waals surface area contributed by atoms with Crippen LogP contribution in [0, 0.1) is 6.92 Å². The van der Waals surface area contributed by atoms with E-state index in [4.69, 9.17) is 0 Å². The Morgan fingerprint density at radius 2 is 2.47 bits per heavy atom. The molecule has 1 aromatic rings. The molecule has 5 heteroatoms. The summed E-state index contributed by atoms with van der Waals surface area (Å²) >= 11 is 3.61. The molecule has 17 heavy (non-hydrogen) atoms. The lowest BCUT2D eigenvalue weighted by Crippen LogP contribution is -2.41. The van der Waals surface area contributed by atoms with Gasteiger partial charge in [-0.1, -0.05) is 0 Å². The van der Waals surface area contributed by atoms with Crippen LogP contribution in [0.4, 0.5) is 0 Å². The average Bonchev–Trinajstić information content (AvgIpc) is 2.74. The number of amides is 1. The van der Waals surface area contributed by atoms with E-state index in [0.717, 1.165) is 18.1 Å². The van der Waals surface area contributed by atoms with E-state index < -0.39 is 0 Å². The predicted octanol–water partition coefficient (Wildman–Crippen LogP) is 1.77. The second-order valence-corrected chi connectivity index (χ2v) is 6.18. The van der Waals surface area contributed by atoms with Crippen molar-refractivity contribution in [2.45, 2.75) is 25.9 Å². The Morgan fingerprint density at radius 3 is 3.12 bits per heavy atom. The zero-order valence-corrected chi connectivity index (χ0v) is 11.6. The summed E-state index contributed by atoms with van der Waals surface area (Å²) in [5, 5.41) is 10.6. The highest BCUT2D eigenvalue weighted by Gasteiger charge is 2.16. The number of rotatable bonds is 4. The zero-order valence-electron chi connectivity index (χ0n) is 9.99. The van der Waals surface area contributed by atoms with Gasteiger partial charge in [0.15, 0.2) is 0 Å². The summed E-state index contributed by atoms with van der Waals surface area (Å²) < 4.78 is 0. The Labute approximate surface area is 110 Å². The monoisotopic (exact) mass is 270 g/mol. The number of thioether (sulfide) groups is 1. The van der Waals surface area contributed by atoms with E-state index in [9.17, 15) is 4.79 Å². The van der Waals surface area contributed by atoms with Gasteiger partial charge < -0.3 is 10.6 Å². The average molecular weight is 270 g/mol.